The first-order valence-electron chi connectivity index (χ1n) is 3.12. The molecule has 0 N–H and O–H groups in total. The van der Waals surface area contributed by atoms with Gasteiger partial charge >= 0.3 is 5.97 Å². The average molecular weight is 160 g/mol. The summed E-state index contributed by atoms with van der Waals surface area (Å²) in [4.78, 5) is 20.5. The third-order valence-corrected chi connectivity index (χ3v) is 0.978. The largest absolute Gasteiger partial charge is 0.461 e. The molecule has 4 heteroatoms. The molecule has 0 saturated heterocycles. The molecule has 0 radical (unpaired) electrons. The van der Waals surface area contributed by atoms with E-state index in [1.54, 1.807) is 6.92 Å². The second-order valence-corrected chi connectivity index (χ2v) is 1.84. The summed E-state index contributed by atoms with van der Waals surface area (Å²) in [7, 11) is 0. The minimum absolute atomic E-state index is 0.0956. The van der Waals surface area contributed by atoms with Crippen LogP contribution in [-0.4, -0.2) is 18.9 Å². The Morgan fingerprint density at radius 1 is 1.64 bits per heavy atom. The van der Waals surface area contributed by atoms with Gasteiger partial charge < -0.3 is 4.74 Å². The van der Waals surface area contributed by atoms with E-state index in [9.17, 15) is 14.0 Å². The maximum Gasteiger partial charge on any atom is 0.367 e. The lowest BCUT2D eigenvalue weighted by atomic mass is 10.3. The van der Waals surface area contributed by atoms with E-state index in [0.717, 1.165) is 0 Å². The maximum atomic E-state index is 12.6. The highest BCUT2D eigenvalue weighted by Gasteiger charge is 2.12. The molecule has 11 heavy (non-hydrogen) atoms. The first-order chi connectivity index (χ1) is 5.13. The molecule has 0 amide bonds. The van der Waals surface area contributed by atoms with Crippen LogP contribution in [0.25, 0.3) is 0 Å². The lowest BCUT2D eigenvalue weighted by molar-refractivity contribution is -0.140. The lowest BCUT2D eigenvalue weighted by Gasteiger charge is -1.98. The molecule has 0 rings (SSSR count). The second kappa shape index (κ2) is 4.60. The number of aldehydes is 1. The molecule has 0 unspecified atom stereocenters. The van der Waals surface area contributed by atoms with Crippen LogP contribution in [0.15, 0.2) is 11.4 Å². The summed E-state index contributed by atoms with van der Waals surface area (Å²) in [6.07, 6.45) is 0.270. The monoisotopic (exact) mass is 160 g/mol. The van der Waals surface area contributed by atoms with Crippen molar-refractivity contribution in [3.63, 3.8) is 0 Å². The first kappa shape index (κ1) is 9.81. The fraction of sp³-hybridized carbons (Fsp3) is 0.429. The van der Waals surface area contributed by atoms with Crippen molar-refractivity contribution < 1.29 is 18.7 Å². The Labute approximate surface area is 63.8 Å². The van der Waals surface area contributed by atoms with Gasteiger partial charge in [0.2, 0.25) is 5.83 Å². The van der Waals surface area contributed by atoms with Crippen molar-refractivity contribution in [1.29, 1.82) is 0 Å². The summed E-state index contributed by atoms with van der Waals surface area (Å²) in [5, 5.41) is 0. The lowest BCUT2D eigenvalue weighted by Crippen LogP contribution is -2.06. The van der Waals surface area contributed by atoms with Crippen molar-refractivity contribution in [2.45, 2.75) is 13.8 Å². The number of hydrogen-bond donors (Lipinski definition) is 0. The predicted molar refractivity (Wildman–Crippen MR) is 36.5 cm³/mol. The van der Waals surface area contributed by atoms with Crippen molar-refractivity contribution in [3.05, 3.63) is 11.4 Å². The molecule has 62 valence electrons. The van der Waals surface area contributed by atoms with Crippen LogP contribution >= 0.6 is 0 Å². The normalized spacial score (nSPS) is 11.9. The molecule has 0 bridgehead atoms. The number of esters is 1. The van der Waals surface area contributed by atoms with Gasteiger partial charge in [0.15, 0.2) is 0 Å². The van der Waals surface area contributed by atoms with Crippen LogP contribution in [0.3, 0.4) is 0 Å². The fourth-order valence-electron chi connectivity index (χ4n) is 0.407. The summed E-state index contributed by atoms with van der Waals surface area (Å²) in [6.45, 7) is 2.86. The van der Waals surface area contributed by atoms with Gasteiger partial charge in [-0.15, -0.1) is 0 Å². The quantitative estimate of drug-likeness (QED) is 0.351. The molecule has 0 aliphatic carbocycles. The van der Waals surface area contributed by atoms with Crippen LogP contribution in [0.5, 0.6) is 0 Å². The Hall–Kier alpha value is -1.19. The minimum Gasteiger partial charge on any atom is -0.461 e. The maximum absolute atomic E-state index is 12.6. The molecule has 3 nitrogen and oxygen atoms in total. The van der Waals surface area contributed by atoms with Gasteiger partial charge in [0.05, 0.1) is 6.61 Å². The van der Waals surface area contributed by atoms with Gasteiger partial charge in [-0.2, -0.15) is 4.39 Å². The van der Waals surface area contributed by atoms with E-state index in [-0.39, 0.29) is 18.5 Å². The molecule has 0 aliphatic rings. The number of allylic oxidation sites excluding steroid dienone is 1. The third-order valence-electron chi connectivity index (χ3n) is 0.978. The highest BCUT2D eigenvalue weighted by Crippen LogP contribution is 2.04. The predicted octanol–water partition coefficient (Wildman–Crippen LogP) is 0.992. The van der Waals surface area contributed by atoms with Gasteiger partial charge in [-0.3, -0.25) is 4.79 Å². The molecule has 0 atom stereocenters. The minimum atomic E-state index is -1.12. The van der Waals surface area contributed by atoms with Crippen LogP contribution in [0.1, 0.15) is 13.8 Å². The Bertz CT molecular complexity index is 196. The summed E-state index contributed by atoms with van der Waals surface area (Å²) in [6, 6.07) is 0. The van der Waals surface area contributed by atoms with Crippen LogP contribution in [0.4, 0.5) is 4.39 Å². The van der Waals surface area contributed by atoms with Gasteiger partial charge in [0.25, 0.3) is 0 Å². The molecule has 0 fully saturated rings. The number of ether oxygens (including phenoxy) is 1. The molecular weight excluding hydrogens is 151 g/mol. The van der Waals surface area contributed by atoms with Gasteiger partial charge in [0, 0.05) is 5.57 Å². The Morgan fingerprint density at radius 3 is 2.55 bits per heavy atom. The van der Waals surface area contributed by atoms with Crippen LogP contribution in [0, 0.1) is 0 Å². The zero-order valence-corrected chi connectivity index (χ0v) is 6.39. The summed E-state index contributed by atoms with van der Waals surface area (Å²) in [5.41, 5.74) is -0.247. The van der Waals surface area contributed by atoms with E-state index in [0.29, 0.717) is 0 Å². The van der Waals surface area contributed by atoms with Gasteiger partial charge in [-0.25, -0.2) is 4.79 Å². The van der Waals surface area contributed by atoms with E-state index in [4.69, 9.17) is 0 Å². The van der Waals surface area contributed by atoms with E-state index in [1.165, 1.54) is 6.92 Å². The highest BCUT2D eigenvalue weighted by molar-refractivity contribution is 5.92. The fourth-order valence-corrected chi connectivity index (χ4v) is 0.407. The zero-order valence-electron chi connectivity index (χ0n) is 6.39. The SMILES string of the molecule is CCOC(=O)/C(F)=C(/C)C=O. The third kappa shape index (κ3) is 2.93. The van der Waals surface area contributed by atoms with Crippen molar-refractivity contribution in [2.75, 3.05) is 6.61 Å². The number of carbonyl (C=O) groups excluding carboxylic acids is 2. The van der Waals surface area contributed by atoms with E-state index >= 15 is 0 Å². The second-order valence-electron chi connectivity index (χ2n) is 1.84. The Morgan fingerprint density at radius 2 is 2.18 bits per heavy atom. The molecule has 0 saturated carbocycles. The molecule has 0 aliphatic heterocycles. The number of hydrogen-bond acceptors (Lipinski definition) is 3. The standard InChI is InChI=1S/C7H9FO3/c1-3-11-7(10)6(8)5(2)4-9/h4H,3H2,1-2H3/b6-5+. The molecule has 0 heterocycles. The Kier molecular flexibility index (Phi) is 4.10. The van der Waals surface area contributed by atoms with Crippen molar-refractivity contribution >= 4 is 12.3 Å². The first-order valence-corrected chi connectivity index (χ1v) is 3.12. The summed E-state index contributed by atoms with van der Waals surface area (Å²) in [5.74, 6) is -2.21. The van der Waals surface area contributed by atoms with Gasteiger partial charge in [-0.05, 0) is 13.8 Å². The van der Waals surface area contributed by atoms with Crippen molar-refractivity contribution in [2.24, 2.45) is 0 Å². The smallest absolute Gasteiger partial charge is 0.367 e. The summed E-state index contributed by atoms with van der Waals surface area (Å²) < 4.78 is 16.8. The topological polar surface area (TPSA) is 43.4 Å². The molecule has 0 aromatic heterocycles. The van der Waals surface area contributed by atoms with E-state index < -0.39 is 11.8 Å². The highest BCUT2D eigenvalue weighted by atomic mass is 19.1. The van der Waals surface area contributed by atoms with Crippen LogP contribution < -0.4 is 0 Å². The number of carbonyl (C=O) groups is 2. The molecule has 0 aromatic carbocycles. The van der Waals surface area contributed by atoms with Crippen LogP contribution in [-0.2, 0) is 14.3 Å². The van der Waals surface area contributed by atoms with E-state index in [2.05, 4.69) is 4.74 Å². The van der Waals surface area contributed by atoms with Gasteiger partial charge in [-0.1, -0.05) is 0 Å². The molecule has 0 aromatic rings. The zero-order chi connectivity index (χ0) is 8.85. The molecule has 0 spiro atoms. The number of halogens is 1. The van der Waals surface area contributed by atoms with Gasteiger partial charge in [0.1, 0.15) is 6.29 Å². The van der Waals surface area contributed by atoms with E-state index in [1.807, 2.05) is 0 Å². The number of rotatable bonds is 3. The average Bonchev–Trinajstić information content (AvgIpc) is 2.02. The van der Waals surface area contributed by atoms with Crippen molar-refractivity contribution in [3.8, 4) is 0 Å². The van der Waals surface area contributed by atoms with Crippen LogP contribution in [0.2, 0.25) is 0 Å². The Balaban J connectivity index is 4.33. The molecular formula is C7H9FO3. The summed E-state index contributed by atoms with van der Waals surface area (Å²) >= 11 is 0. The van der Waals surface area contributed by atoms with Crippen molar-refractivity contribution in [1.82, 2.24) is 0 Å².